The largest absolute Gasteiger partial charge is 0.329 e. The Hall–Kier alpha value is -0.320. The first-order chi connectivity index (χ1) is 9.54. The third-order valence-electron chi connectivity index (χ3n) is 4.09. The second kappa shape index (κ2) is 7.10. The number of nitrogens with zero attached hydrogens (tertiary/aromatic N) is 1. The van der Waals surface area contributed by atoms with Crippen molar-refractivity contribution >= 4 is 23.2 Å². The number of benzene rings is 1. The minimum atomic E-state index is -0.0100. The Morgan fingerprint density at radius 2 is 1.95 bits per heavy atom. The number of halogens is 2. The average Bonchev–Trinajstić information content (AvgIpc) is 2.42. The van der Waals surface area contributed by atoms with Gasteiger partial charge in [0.1, 0.15) is 0 Å². The maximum atomic E-state index is 6.31. The number of rotatable bonds is 4. The molecule has 0 amide bonds. The first-order valence-electron chi connectivity index (χ1n) is 7.23. The lowest BCUT2D eigenvalue weighted by atomic mass is 9.99. The predicted molar refractivity (Wildman–Crippen MR) is 86.0 cm³/mol. The minimum Gasteiger partial charge on any atom is -0.329 e. The van der Waals surface area contributed by atoms with E-state index in [4.69, 9.17) is 28.9 Å². The molecule has 2 rings (SSSR count). The third kappa shape index (κ3) is 3.46. The molecule has 112 valence electrons. The van der Waals surface area contributed by atoms with Gasteiger partial charge in [0.05, 0.1) is 16.1 Å². The SMILES string of the molecule is CC1CCCC(C)N1NC(CN)c1cccc(Cl)c1Cl. The lowest BCUT2D eigenvalue weighted by Crippen LogP contribution is -2.54. The molecule has 20 heavy (non-hydrogen) atoms. The van der Waals surface area contributed by atoms with Crippen LogP contribution in [0.3, 0.4) is 0 Å². The van der Waals surface area contributed by atoms with Crippen LogP contribution in [0.1, 0.15) is 44.7 Å². The summed E-state index contributed by atoms with van der Waals surface area (Å²) in [6.45, 7) is 4.97. The number of hydrogen-bond donors (Lipinski definition) is 2. The number of nitrogens with two attached hydrogens (primary N) is 1. The molecule has 0 spiro atoms. The quantitative estimate of drug-likeness (QED) is 0.888. The molecular weight excluding hydrogens is 293 g/mol. The normalized spacial score (nSPS) is 25.6. The van der Waals surface area contributed by atoms with Crippen LogP contribution in [0.4, 0.5) is 0 Å². The van der Waals surface area contributed by atoms with Crippen LogP contribution in [0.25, 0.3) is 0 Å². The van der Waals surface area contributed by atoms with Gasteiger partial charge in [-0.2, -0.15) is 0 Å². The van der Waals surface area contributed by atoms with E-state index < -0.39 is 0 Å². The summed E-state index contributed by atoms with van der Waals surface area (Å²) in [5.41, 5.74) is 10.5. The van der Waals surface area contributed by atoms with Crippen molar-refractivity contribution in [1.82, 2.24) is 10.4 Å². The molecule has 3 atom stereocenters. The Morgan fingerprint density at radius 3 is 2.55 bits per heavy atom. The molecule has 0 radical (unpaired) electrons. The topological polar surface area (TPSA) is 41.3 Å². The highest BCUT2D eigenvalue weighted by Crippen LogP contribution is 2.31. The van der Waals surface area contributed by atoms with Crippen LogP contribution < -0.4 is 11.2 Å². The standard InChI is InChI=1S/C15H23Cl2N3/c1-10-5-3-6-11(2)20(10)19-14(9-18)12-7-4-8-13(16)15(12)17/h4,7-8,10-11,14,19H,3,5-6,9,18H2,1-2H3. The summed E-state index contributed by atoms with van der Waals surface area (Å²) in [5.74, 6) is 0. The number of hydrazine groups is 1. The fourth-order valence-corrected chi connectivity index (χ4v) is 3.33. The molecule has 1 fully saturated rings. The van der Waals surface area contributed by atoms with Gasteiger partial charge in [0.25, 0.3) is 0 Å². The number of piperidine rings is 1. The summed E-state index contributed by atoms with van der Waals surface area (Å²) in [7, 11) is 0. The highest BCUT2D eigenvalue weighted by atomic mass is 35.5. The van der Waals surface area contributed by atoms with Crippen LogP contribution in [0, 0.1) is 0 Å². The van der Waals surface area contributed by atoms with E-state index in [1.165, 1.54) is 19.3 Å². The van der Waals surface area contributed by atoms with Crippen LogP contribution in [-0.2, 0) is 0 Å². The fourth-order valence-electron chi connectivity index (χ4n) is 2.89. The van der Waals surface area contributed by atoms with E-state index >= 15 is 0 Å². The highest BCUT2D eigenvalue weighted by Gasteiger charge is 2.27. The zero-order chi connectivity index (χ0) is 14.7. The predicted octanol–water partition coefficient (Wildman–Crippen LogP) is 3.76. The zero-order valence-corrected chi connectivity index (χ0v) is 13.6. The summed E-state index contributed by atoms with van der Waals surface area (Å²) in [5, 5.41) is 3.48. The summed E-state index contributed by atoms with van der Waals surface area (Å²) >= 11 is 12.4. The number of nitrogens with one attached hydrogen (secondary N) is 1. The molecule has 0 aliphatic carbocycles. The third-order valence-corrected chi connectivity index (χ3v) is 4.92. The molecule has 0 saturated carbocycles. The van der Waals surface area contributed by atoms with E-state index in [1.807, 2.05) is 12.1 Å². The zero-order valence-electron chi connectivity index (χ0n) is 12.1. The fraction of sp³-hybridized carbons (Fsp3) is 0.600. The van der Waals surface area contributed by atoms with Gasteiger partial charge in [-0.3, -0.25) is 0 Å². The molecule has 0 aromatic heterocycles. The molecule has 1 aromatic carbocycles. The number of hydrogen-bond acceptors (Lipinski definition) is 3. The summed E-state index contributed by atoms with van der Waals surface area (Å²) in [6.07, 6.45) is 3.70. The van der Waals surface area contributed by atoms with Crippen molar-refractivity contribution in [2.24, 2.45) is 5.73 Å². The van der Waals surface area contributed by atoms with E-state index in [-0.39, 0.29) is 6.04 Å². The van der Waals surface area contributed by atoms with Gasteiger partial charge in [-0.1, -0.05) is 41.8 Å². The van der Waals surface area contributed by atoms with Gasteiger partial charge in [-0.05, 0) is 38.3 Å². The molecule has 3 unspecified atom stereocenters. The first kappa shape index (κ1) is 16.1. The van der Waals surface area contributed by atoms with Crippen LogP contribution in [0.2, 0.25) is 10.0 Å². The second-order valence-corrected chi connectivity index (χ2v) is 6.38. The maximum Gasteiger partial charge on any atom is 0.0641 e. The Kier molecular flexibility index (Phi) is 5.70. The van der Waals surface area contributed by atoms with Crippen LogP contribution in [0.15, 0.2) is 18.2 Å². The van der Waals surface area contributed by atoms with Gasteiger partial charge in [0.2, 0.25) is 0 Å². The lowest BCUT2D eigenvalue weighted by molar-refractivity contribution is 0.0304. The Balaban J connectivity index is 2.18. The van der Waals surface area contributed by atoms with Crippen LogP contribution in [-0.4, -0.2) is 23.6 Å². The average molecular weight is 316 g/mol. The van der Waals surface area contributed by atoms with E-state index in [9.17, 15) is 0 Å². The van der Waals surface area contributed by atoms with E-state index in [0.717, 1.165) is 5.56 Å². The lowest BCUT2D eigenvalue weighted by Gasteiger charge is -2.41. The van der Waals surface area contributed by atoms with Gasteiger partial charge in [-0.15, -0.1) is 0 Å². The van der Waals surface area contributed by atoms with Crippen molar-refractivity contribution in [2.45, 2.75) is 51.2 Å². The van der Waals surface area contributed by atoms with Gasteiger partial charge in [0, 0.05) is 18.6 Å². The van der Waals surface area contributed by atoms with E-state index in [0.29, 0.717) is 28.7 Å². The molecule has 5 heteroatoms. The molecule has 1 aliphatic rings. The second-order valence-electron chi connectivity index (χ2n) is 5.60. The van der Waals surface area contributed by atoms with E-state index in [1.54, 1.807) is 6.07 Å². The van der Waals surface area contributed by atoms with Crippen molar-refractivity contribution in [3.8, 4) is 0 Å². The molecule has 3 nitrogen and oxygen atoms in total. The van der Waals surface area contributed by atoms with Crippen LogP contribution >= 0.6 is 23.2 Å². The Labute approximate surface area is 131 Å². The van der Waals surface area contributed by atoms with Gasteiger partial charge in [-0.25, -0.2) is 10.4 Å². The molecule has 1 aliphatic heterocycles. The molecule has 3 N–H and O–H groups in total. The molecule has 0 bridgehead atoms. The highest BCUT2D eigenvalue weighted by molar-refractivity contribution is 6.42. The monoisotopic (exact) mass is 315 g/mol. The Morgan fingerprint density at radius 1 is 1.30 bits per heavy atom. The first-order valence-corrected chi connectivity index (χ1v) is 7.98. The Bertz CT molecular complexity index is 443. The summed E-state index contributed by atoms with van der Waals surface area (Å²) in [6, 6.07) is 6.70. The maximum absolute atomic E-state index is 6.31. The summed E-state index contributed by atoms with van der Waals surface area (Å²) in [4.78, 5) is 0. The van der Waals surface area contributed by atoms with Crippen molar-refractivity contribution in [3.63, 3.8) is 0 Å². The van der Waals surface area contributed by atoms with Gasteiger partial charge in [0.15, 0.2) is 0 Å². The molecular formula is C15H23Cl2N3. The minimum absolute atomic E-state index is 0.0100. The molecule has 1 saturated heterocycles. The molecule has 1 heterocycles. The van der Waals surface area contributed by atoms with Gasteiger partial charge >= 0.3 is 0 Å². The van der Waals surface area contributed by atoms with Crippen molar-refractivity contribution < 1.29 is 0 Å². The van der Waals surface area contributed by atoms with Crippen LogP contribution in [0.5, 0.6) is 0 Å². The van der Waals surface area contributed by atoms with E-state index in [2.05, 4.69) is 24.3 Å². The van der Waals surface area contributed by atoms with Crippen molar-refractivity contribution in [1.29, 1.82) is 0 Å². The summed E-state index contributed by atoms with van der Waals surface area (Å²) < 4.78 is 0. The van der Waals surface area contributed by atoms with Crippen molar-refractivity contribution in [2.75, 3.05) is 6.54 Å². The van der Waals surface area contributed by atoms with Gasteiger partial charge < -0.3 is 5.73 Å². The molecule has 1 aromatic rings. The van der Waals surface area contributed by atoms with Crippen molar-refractivity contribution in [3.05, 3.63) is 33.8 Å². The smallest absolute Gasteiger partial charge is 0.0641 e.